The Morgan fingerprint density at radius 3 is 2.55 bits per heavy atom. The number of nitrogens with one attached hydrogen (secondary N) is 1. The van der Waals surface area contributed by atoms with E-state index in [-0.39, 0.29) is 45.2 Å². The third-order valence-corrected chi connectivity index (χ3v) is 9.60. The molecule has 0 spiro atoms. The zero-order valence-corrected chi connectivity index (χ0v) is 24.1. The number of para-hydroxylation sites is 1. The van der Waals surface area contributed by atoms with Crippen molar-refractivity contribution in [2.45, 2.75) is 36.7 Å². The van der Waals surface area contributed by atoms with Gasteiger partial charge in [0.05, 0.1) is 29.5 Å². The van der Waals surface area contributed by atoms with Crippen LogP contribution in [0.4, 0.5) is 5.69 Å². The lowest BCUT2D eigenvalue weighted by Gasteiger charge is -2.38. The number of carboxylic acid groups (broad SMARTS) is 1. The highest BCUT2D eigenvalue weighted by Crippen LogP contribution is 2.36. The maximum Gasteiger partial charge on any atom is 0.335 e. The van der Waals surface area contributed by atoms with Crippen LogP contribution < -0.4 is 9.46 Å². The van der Waals surface area contributed by atoms with Gasteiger partial charge in [0.15, 0.2) is 5.75 Å². The van der Waals surface area contributed by atoms with Gasteiger partial charge in [-0.2, -0.15) is 0 Å². The van der Waals surface area contributed by atoms with Gasteiger partial charge in [-0.15, -0.1) is 11.3 Å². The first kappa shape index (κ1) is 29.5. The molecule has 1 amide bonds. The lowest BCUT2D eigenvalue weighted by atomic mass is 9.99. The third kappa shape index (κ3) is 6.64. The van der Waals surface area contributed by atoms with Crippen molar-refractivity contribution in [2.75, 3.05) is 31.5 Å². The number of hydrogen-bond donors (Lipinski definition) is 3. The van der Waals surface area contributed by atoms with E-state index in [0.29, 0.717) is 19.6 Å². The molecule has 0 aliphatic carbocycles. The maximum absolute atomic E-state index is 13.6. The minimum Gasteiger partial charge on any atom is -0.486 e. The Morgan fingerprint density at radius 1 is 1.20 bits per heavy atom. The molecule has 12 heteroatoms. The van der Waals surface area contributed by atoms with Gasteiger partial charge >= 0.3 is 5.97 Å². The van der Waals surface area contributed by atoms with Gasteiger partial charge in [0.2, 0.25) is 0 Å². The molecule has 4 rings (SSSR count). The lowest BCUT2D eigenvalue weighted by molar-refractivity contribution is 0.0344. The van der Waals surface area contributed by atoms with E-state index in [1.807, 2.05) is 18.9 Å². The zero-order chi connectivity index (χ0) is 29.0. The molecule has 10 nitrogen and oxygen atoms in total. The Morgan fingerprint density at radius 2 is 1.93 bits per heavy atom. The number of nitrogens with zero attached hydrogens (tertiary/aromatic N) is 2. The molecule has 214 valence electrons. The monoisotopic (exact) mass is 587 g/mol. The Balaban J connectivity index is 1.66. The number of carboxylic acids is 1. The number of sulfonamides is 1. The van der Waals surface area contributed by atoms with Gasteiger partial charge in [-0.3, -0.25) is 14.4 Å². The van der Waals surface area contributed by atoms with E-state index in [0.717, 1.165) is 16.9 Å². The molecule has 1 aliphatic heterocycles. The predicted molar refractivity (Wildman–Crippen MR) is 152 cm³/mol. The number of rotatable bonds is 10. The highest BCUT2D eigenvalue weighted by molar-refractivity contribution is 7.94. The summed E-state index contributed by atoms with van der Waals surface area (Å²) < 4.78 is 35.3. The van der Waals surface area contributed by atoms with Crippen LogP contribution >= 0.6 is 11.3 Å². The molecular formula is C28H33N3O7S2. The molecule has 0 unspecified atom stereocenters. The number of aliphatic hydroxyl groups is 1. The number of anilines is 1. The molecule has 3 aromatic rings. The minimum atomic E-state index is -3.91. The molecule has 40 heavy (non-hydrogen) atoms. The highest BCUT2D eigenvalue weighted by atomic mass is 32.2. The molecule has 0 radical (unpaired) electrons. The number of amides is 1. The normalized spacial score (nSPS) is 18.4. The van der Waals surface area contributed by atoms with E-state index >= 15 is 0 Å². The summed E-state index contributed by atoms with van der Waals surface area (Å²) in [5.74, 6) is -1.38. The first-order valence-electron chi connectivity index (χ1n) is 12.8. The van der Waals surface area contributed by atoms with Crippen molar-refractivity contribution < 1.29 is 33.0 Å². The van der Waals surface area contributed by atoms with E-state index < -0.39 is 28.1 Å². The topological polar surface area (TPSA) is 136 Å². The van der Waals surface area contributed by atoms with Crippen molar-refractivity contribution >= 4 is 38.9 Å². The summed E-state index contributed by atoms with van der Waals surface area (Å²) in [6, 6.07) is 14.1. The molecule has 3 atom stereocenters. The number of fused-ring (bicyclic) bond motifs is 1. The quantitative estimate of drug-likeness (QED) is 0.327. The predicted octanol–water partition coefficient (Wildman–Crippen LogP) is 3.60. The van der Waals surface area contributed by atoms with E-state index in [4.69, 9.17) is 9.84 Å². The minimum absolute atomic E-state index is 0.136. The molecule has 3 N–H and O–H groups in total. The van der Waals surface area contributed by atoms with Crippen LogP contribution in [0.1, 0.15) is 40.1 Å². The van der Waals surface area contributed by atoms with Crippen LogP contribution in [0, 0.1) is 5.92 Å². The van der Waals surface area contributed by atoms with E-state index in [1.165, 1.54) is 6.07 Å². The molecule has 2 heterocycles. The molecule has 0 fully saturated rings. The Bertz CT molecular complexity index is 1440. The number of benzene rings is 2. The van der Waals surface area contributed by atoms with Crippen molar-refractivity contribution in [1.82, 2.24) is 9.80 Å². The second-order valence-electron chi connectivity index (χ2n) is 10.0. The van der Waals surface area contributed by atoms with Crippen LogP contribution in [0.15, 0.2) is 64.2 Å². The summed E-state index contributed by atoms with van der Waals surface area (Å²) in [6.45, 7) is 4.77. The average Bonchev–Trinajstić information content (AvgIpc) is 3.47. The van der Waals surface area contributed by atoms with Crippen LogP contribution in [0.5, 0.6) is 5.75 Å². The third-order valence-electron chi connectivity index (χ3n) is 6.84. The molecule has 0 saturated heterocycles. The summed E-state index contributed by atoms with van der Waals surface area (Å²) in [4.78, 5) is 28.4. The molecule has 1 aliphatic rings. The number of likely N-dealkylation sites (N-methyl/N-ethyl adjacent to an activating group) is 1. The smallest absolute Gasteiger partial charge is 0.335 e. The molecule has 0 saturated carbocycles. The molecule has 2 aromatic carbocycles. The molecule has 0 bridgehead atoms. The van der Waals surface area contributed by atoms with Gasteiger partial charge in [0.25, 0.3) is 15.9 Å². The van der Waals surface area contributed by atoms with Crippen LogP contribution in [0.25, 0.3) is 0 Å². The second kappa shape index (κ2) is 12.4. The van der Waals surface area contributed by atoms with Crippen molar-refractivity contribution in [3.05, 3.63) is 76.7 Å². The van der Waals surface area contributed by atoms with Gasteiger partial charge in [-0.1, -0.05) is 31.2 Å². The Labute approximate surface area is 237 Å². The number of aliphatic hydroxyl groups excluding tert-OH is 1. The van der Waals surface area contributed by atoms with Crippen LogP contribution in [-0.4, -0.2) is 79.2 Å². The summed E-state index contributed by atoms with van der Waals surface area (Å²) in [5.41, 5.74) is 1.49. The van der Waals surface area contributed by atoms with Crippen LogP contribution in [0.2, 0.25) is 0 Å². The summed E-state index contributed by atoms with van der Waals surface area (Å²) in [6.07, 6.45) is -0.448. The van der Waals surface area contributed by atoms with E-state index in [9.17, 15) is 23.1 Å². The van der Waals surface area contributed by atoms with Crippen molar-refractivity contribution in [3.8, 4) is 5.75 Å². The van der Waals surface area contributed by atoms with Gasteiger partial charge in [-0.25, -0.2) is 13.2 Å². The lowest BCUT2D eigenvalue weighted by Crippen LogP contribution is -2.49. The zero-order valence-electron chi connectivity index (χ0n) is 22.5. The first-order chi connectivity index (χ1) is 19.0. The fourth-order valence-corrected chi connectivity index (χ4v) is 6.64. The number of carbonyl (C=O) groups excluding carboxylic acids is 1. The number of hydrogen-bond acceptors (Lipinski definition) is 8. The van der Waals surface area contributed by atoms with Gasteiger partial charge < -0.3 is 19.8 Å². The number of carbonyl (C=O) groups is 2. The second-order valence-corrected chi connectivity index (χ2v) is 12.9. The number of ether oxygens (including phenoxy) is 1. The number of aromatic carboxylic acids is 1. The number of thiophene rings is 1. The van der Waals surface area contributed by atoms with E-state index in [1.54, 1.807) is 65.7 Å². The molecular weight excluding hydrogens is 554 g/mol. The fraction of sp³-hybridized carbons (Fsp3) is 0.357. The highest BCUT2D eigenvalue weighted by Gasteiger charge is 2.35. The van der Waals surface area contributed by atoms with Crippen LogP contribution in [-0.2, 0) is 16.6 Å². The fourth-order valence-electron chi connectivity index (χ4n) is 4.59. The maximum atomic E-state index is 13.6. The largest absolute Gasteiger partial charge is 0.486 e. The van der Waals surface area contributed by atoms with Gasteiger partial charge in [-0.05, 0) is 55.2 Å². The first-order valence-corrected chi connectivity index (χ1v) is 15.1. The van der Waals surface area contributed by atoms with Crippen molar-refractivity contribution in [1.29, 1.82) is 0 Å². The van der Waals surface area contributed by atoms with Crippen molar-refractivity contribution in [2.24, 2.45) is 5.92 Å². The Hall–Kier alpha value is -3.45. The van der Waals surface area contributed by atoms with E-state index in [2.05, 4.69) is 4.72 Å². The Kier molecular flexibility index (Phi) is 9.14. The average molecular weight is 588 g/mol. The van der Waals surface area contributed by atoms with Crippen LogP contribution in [0.3, 0.4) is 0 Å². The molecule has 1 aromatic heterocycles. The summed E-state index contributed by atoms with van der Waals surface area (Å²) in [7, 11) is -2.00. The van der Waals surface area contributed by atoms with Gasteiger partial charge in [0, 0.05) is 25.6 Å². The standard InChI is InChI=1S/C28H33N3O7S2/c1-18-14-31(19(2)17-32)27(33)22-6-4-7-23(29-40(36,37)25-8-5-13-39-25)26(22)38-24(18)16-30(3)15-20-9-11-21(12-10-20)28(34)35/h4-13,18-19,24,29,32H,14-17H2,1-3H3,(H,34,35)/t18-,19-,24-/m0/s1. The SMILES string of the molecule is C[C@H]1CN([C@@H](C)CO)C(=O)c2cccc(NS(=O)(=O)c3cccs3)c2O[C@H]1CN(C)Cc1ccc(C(=O)O)cc1. The van der Waals surface area contributed by atoms with Gasteiger partial charge in [0.1, 0.15) is 10.3 Å². The van der Waals surface area contributed by atoms with Crippen molar-refractivity contribution in [3.63, 3.8) is 0 Å². The summed E-state index contributed by atoms with van der Waals surface area (Å²) in [5, 5.41) is 20.7. The summed E-state index contributed by atoms with van der Waals surface area (Å²) >= 11 is 1.08.